The van der Waals surface area contributed by atoms with Gasteiger partial charge in [0.1, 0.15) is 0 Å². The highest BCUT2D eigenvalue weighted by molar-refractivity contribution is 7.80. The topological polar surface area (TPSA) is 27.3 Å². The van der Waals surface area contributed by atoms with Crippen LogP contribution in [0.2, 0.25) is 0 Å². The molecule has 98 valence electrons. The van der Waals surface area contributed by atoms with Crippen molar-refractivity contribution in [3.63, 3.8) is 0 Å². The SMILES string of the molecule is Cc1cccc(C)c1NC(=S)NN1CCCCC1. The highest BCUT2D eigenvalue weighted by Gasteiger charge is 2.11. The largest absolute Gasteiger partial charge is 0.331 e. The second kappa shape index (κ2) is 6.16. The maximum atomic E-state index is 5.37. The fourth-order valence-corrected chi connectivity index (χ4v) is 2.53. The molecule has 0 saturated carbocycles. The average Bonchev–Trinajstić information content (AvgIpc) is 2.35. The summed E-state index contributed by atoms with van der Waals surface area (Å²) in [6, 6.07) is 6.26. The van der Waals surface area contributed by atoms with Crippen molar-refractivity contribution >= 4 is 23.0 Å². The minimum atomic E-state index is 0.689. The monoisotopic (exact) mass is 263 g/mol. The number of nitrogens with zero attached hydrogens (tertiary/aromatic N) is 1. The van der Waals surface area contributed by atoms with Gasteiger partial charge in [-0.25, -0.2) is 5.01 Å². The average molecular weight is 263 g/mol. The number of rotatable bonds is 2. The molecule has 0 aliphatic carbocycles. The molecule has 1 aromatic rings. The zero-order valence-electron chi connectivity index (χ0n) is 11.1. The van der Waals surface area contributed by atoms with Crippen molar-refractivity contribution in [2.45, 2.75) is 33.1 Å². The molecule has 1 fully saturated rings. The van der Waals surface area contributed by atoms with Gasteiger partial charge in [0.25, 0.3) is 0 Å². The van der Waals surface area contributed by atoms with E-state index in [1.807, 2.05) is 0 Å². The number of piperidine rings is 1. The molecule has 0 unspecified atom stereocenters. The number of anilines is 1. The molecule has 2 rings (SSSR count). The van der Waals surface area contributed by atoms with E-state index in [-0.39, 0.29) is 0 Å². The van der Waals surface area contributed by atoms with Crippen molar-refractivity contribution in [2.24, 2.45) is 0 Å². The van der Waals surface area contributed by atoms with Gasteiger partial charge in [-0.05, 0) is 50.0 Å². The van der Waals surface area contributed by atoms with Crippen LogP contribution in [0.1, 0.15) is 30.4 Å². The lowest BCUT2D eigenvalue weighted by molar-refractivity contribution is 0.196. The molecule has 0 radical (unpaired) electrons. The molecule has 0 aromatic heterocycles. The number of nitrogens with one attached hydrogen (secondary N) is 2. The number of benzene rings is 1. The Balaban J connectivity index is 1.94. The summed E-state index contributed by atoms with van der Waals surface area (Å²) in [4.78, 5) is 0. The molecule has 3 nitrogen and oxygen atoms in total. The Morgan fingerprint density at radius 3 is 2.33 bits per heavy atom. The van der Waals surface area contributed by atoms with Gasteiger partial charge in [-0.2, -0.15) is 0 Å². The van der Waals surface area contributed by atoms with E-state index >= 15 is 0 Å². The molecule has 1 aliphatic heterocycles. The third kappa shape index (κ3) is 3.43. The molecule has 1 heterocycles. The molecule has 1 aliphatic rings. The standard InChI is InChI=1S/C14H21N3S/c1-11-7-6-8-12(2)13(11)15-14(18)16-17-9-4-3-5-10-17/h6-8H,3-5,9-10H2,1-2H3,(H2,15,16,18). The van der Waals surface area contributed by atoms with Crippen LogP contribution in [0.4, 0.5) is 5.69 Å². The zero-order valence-corrected chi connectivity index (χ0v) is 11.9. The van der Waals surface area contributed by atoms with E-state index in [4.69, 9.17) is 12.2 Å². The first-order chi connectivity index (χ1) is 8.66. The minimum absolute atomic E-state index is 0.689. The van der Waals surface area contributed by atoms with Gasteiger partial charge < -0.3 is 5.32 Å². The van der Waals surface area contributed by atoms with Gasteiger partial charge in [-0.1, -0.05) is 24.6 Å². The Morgan fingerprint density at radius 1 is 1.11 bits per heavy atom. The van der Waals surface area contributed by atoms with Crippen LogP contribution in [0, 0.1) is 13.8 Å². The van der Waals surface area contributed by atoms with E-state index in [9.17, 15) is 0 Å². The van der Waals surface area contributed by atoms with Gasteiger partial charge in [0.15, 0.2) is 5.11 Å². The van der Waals surface area contributed by atoms with E-state index in [1.54, 1.807) is 0 Å². The summed E-state index contributed by atoms with van der Waals surface area (Å²) >= 11 is 5.37. The maximum absolute atomic E-state index is 5.37. The van der Waals surface area contributed by atoms with Crippen molar-refractivity contribution < 1.29 is 0 Å². The molecular formula is C14H21N3S. The van der Waals surface area contributed by atoms with Crippen molar-refractivity contribution in [1.29, 1.82) is 0 Å². The Morgan fingerprint density at radius 2 is 1.72 bits per heavy atom. The van der Waals surface area contributed by atoms with Crippen LogP contribution in [-0.4, -0.2) is 23.2 Å². The van der Waals surface area contributed by atoms with Crippen LogP contribution in [0.5, 0.6) is 0 Å². The highest BCUT2D eigenvalue weighted by atomic mass is 32.1. The molecule has 0 bridgehead atoms. The van der Waals surface area contributed by atoms with Crippen molar-refractivity contribution in [2.75, 3.05) is 18.4 Å². The molecule has 0 amide bonds. The summed E-state index contributed by atoms with van der Waals surface area (Å²) < 4.78 is 0. The van der Waals surface area contributed by atoms with Gasteiger partial charge in [-0.3, -0.25) is 5.43 Å². The lowest BCUT2D eigenvalue weighted by Crippen LogP contribution is -2.46. The van der Waals surface area contributed by atoms with Crippen molar-refractivity contribution in [3.05, 3.63) is 29.3 Å². The van der Waals surface area contributed by atoms with Crippen LogP contribution < -0.4 is 10.7 Å². The zero-order chi connectivity index (χ0) is 13.0. The predicted octanol–water partition coefficient (Wildman–Crippen LogP) is 2.99. The van der Waals surface area contributed by atoms with Gasteiger partial charge in [0.2, 0.25) is 0 Å². The molecule has 0 spiro atoms. The smallest absolute Gasteiger partial charge is 0.185 e. The first kappa shape index (κ1) is 13.3. The fourth-order valence-electron chi connectivity index (χ4n) is 2.30. The van der Waals surface area contributed by atoms with Crippen LogP contribution in [0.25, 0.3) is 0 Å². The third-order valence-electron chi connectivity index (χ3n) is 3.34. The van der Waals surface area contributed by atoms with Gasteiger partial charge in [0, 0.05) is 18.8 Å². The third-order valence-corrected chi connectivity index (χ3v) is 3.53. The summed E-state index contributed by atoms with van der Waals surface area (Å²) in [5, 5.41) is 6.19. The summed E-state index contributed by atoms with van der Waals surface area (Å²) in [6.07, 6.45) is 3.83. The number of thiocarbonyl (C=S) groups is 1. The van der Waals surface area contributed by atoms with Crippen LogP contribution >= 0.6 is 12.2 Å². The number of hydrazine groups is 1. The molecule has 18 heavy (non-hydrogen) atoms. The van der Waals surface area contributed by atoms with E-state index < -0.39 is 0 Å². The van der Waals surface area contributed by atoms with Crippen LogP contribution in [0.3, 0.4) is 0 Å². The summed E-state index contributed by atoms with van der Waals surface area (Å²) in [5.41, 5.74) is 6.83. The number of hydrogen-bond acceptors (Lipinski definition) is 2. The quantitative estimate of drug-likeness (QED) is 0.802. The summed E-state index contributed by atoms with van der Waals surface area (Å²) in [7, 11) is 0. The normalized spacial score (nSPS) is 16.3. The molecule has 2 N–H and O–H groups in total. The van der Waals surface area contributed by atoms with Crippen molar-refractivity contribution in [3.8, 4) is 0 Å². The first-order valence-corrected chi connectivity index (χ1v) is 6.96. The summed E-state index contributed by atoms with van der Waals surface area (Å²) in [5.74, 6) is 0. The lowest BCUT2D eigenvalue weighted by Gasteiger charge is -2.28. The molecule has 1 aromatic carbocycles. The minimum Gasteiger partial charge on any atom is -0.331 e. The molecule has 1 saturated heterocycles. The maximum Gasteiger partial charge on any atom is 0.185 e. The van der Waals surface area contributed by atoms with E-state index in [1.165, 1.54) is 30.4 Å². The number of aryl methyl sites for hydroxylation is 2. The second-order valence-corrected chi connectivity index (χ2v) is 5.29. The molecule has 4 heteroatoms. The Bertz CT molecular complexity index is 405. The highest BCUT2D eigenvalue weighted by Crippen LogP contribution is 2.19. The van der Waals surface area contributed by atoms with Crippen molar-refractivity contribution in [1.82, 2.24) is 10.4 Å². The van der Waals surface area contributed by atoms with Crippen LogP contribution in [-0.2, 0) is 0 Å². The first-order valence-electron chi connectivity index (χ1n) is 6.55. The molecule has 0 atom stereocenters. The Labute approximate surface area is 115 Å². The lowest BCUT2D eigenvalue weighted by atomic mass is 10.1. The predicted molar refractivity (Wildman–Crippen MR) is 80.7 cm³/mol. The second-order valence-electron chi connectivity index (χ2n) is 4.88. The van der Waals surface area contributed by atoms with Crippen LogP contribution in [0.15, 0.2) is 18.2 Å². The number of hydrogen-bond donors (Lipinski definition) is 2. The van der Waals surface area contributed by atoms with Gasteiger partial charge in [0.05, 0.1) is 0 Å². The van der Waals surface area contributed by atoms with E-state index in [0.29, 0.717) is 5.11 Å². The van der Waals surface area contributed by atoms with Gasteiger partial charge in [-0.15, -0.1) is 0 Å². The number of para-hydroxylation sites is 1. The summed E-state index contributed by atoms with van der Waals surface area (Å²) in [6.45, 7) is 6.35. The Kier molecular flexibility index (Phi) is 4.55. The fraction of sp³-hybridized carbons (Fsp3) is 0.500. The Hall–Kier alpha value is -1.13. The van der Waals surface area contributed by atoms with E-state index in [0.717, 1.165) is 18.8 Å². The van der Waals surface area contributed by atoms with Gasteiger partial charge >= 0.3 is 0 Å². The van der Waals surface area contributed by atoms with E-state index in [2.05, 4.69) is 47.8 Å². The molecular weight excluding hydrogens is 242 g/mol.